The topological polar surface area (TPSA) is 61.4 Å². The molecule has 2 aromatic carbocycles. The number of amides is 3. The highest BCUT2D eigenvalue weighted by molar-refractivity contribution is 6.30. The van der Waals surface area contributed by atoms with Crippen LogP contribution < -0.4 is 10.6 Å². The van der Waals surface area contributed by atoms with Gasteiger partial charge in [-0.25, -0.2) is 4.79 Å². The van der Waals surface area contributed by atoms with E-state index in [2.05, 4.69) is 17.6 Å². The molecule has 1 aliphatic rings. The van der Waals surface area contributed by atoms with Crippen LogP contribution in [0.4, 0.5) is 16.2 Å². The lowest BCUT2D eigenvalue weighted by Crippen LogP contribution is -2.37. The predicted octanol–water partition coefficient (Wildman–Crippen LogP) is 5.88. The third kappa shape index (κ3) is 6.27. The zero-order valence-corrected chi connectivity index (χ0v) is 17.4. The Hall–Kier alpha value is -2.53. The highest BCUT2D eigenvalue weighted by atomic mass is 35.5. The van der Waals surface area contributed by atoms with Crippen molar-refractivity contribution in [3.05, 3.63) is 59.1 Å². The van der Waals surface area contributed by atoms with Crippen molar-refractivity contribution in [2.24, 2.45) is 5.92 Å². The van der Waals surface area contributed by atoms with Gasteiger partial charge in [0.1, 0.15) is 0 Å². The van der Waals surface area contributed by atoms with E-state index in [0.29, 0.717) is 27.9 Å². The fraction of sp³-hybridized carbons (Fsp3) is 0.364. The molecule has 3 rings (SSSR count). The van der Waals surface area contributed by atoms with Gasteiger partial charge in [0.2, 0.25) is 0 Å². The first kappa shape index (κ1) is 21.8. The second-order valence-corrected chi connectivity index (χ2v) is 7.08. The number of anilines is 2. The Bertz CT molecular complexity index is 785. The molecule has 0 aliphatic carbocycles. The number of hydrogen-bond acceptors (Lipinski definition) is 2. The van der Waals surface area contributed by atoms with Crippen molar-refractivity contribution in [3.63, 3.8) is 0 Å². The molecule has 3 amide bonds. The molecule has 2 aromatic rings. The number of nitrogens with zero attached hydrogens (tertiary/aromatic N) is 1. The number of piperidine rings is 1. The molecule has 0 aromatic heterocycles. The Morgan fingerprint density at radius 3 is 2.21 bits per heavy atom. The van der Waals surface area contributed by atoms with Gasteiger partial charge in [0.15, 0.2) is 0 Å². The summed E-state index contributed by atoms with van der Waals surface area (Å²) in [6.07, 6.45) is 2.07. The fourth-order valence-electron chi connectivity index (χ4n) is 2.95. The van der Waals surface area contributed by atoms with Crippen molar-refractivity contribution in [2.75, 3.05) is 23.7 Å². The molecule has 0 spiro atoms. The van der Waals surface area contributed by atoms with Gasteiger partial charge < -0.3 is 15.5 Å². The first-order valence-electron chi connectivity index (χ1n) is 9.74. The molecule has 0 radical (unpaired) electrons. The van der Waals surface area contributed by atoms with Crippen LogP contribution in [-0.2, 0) is 0 Å². The summed E-state index contributed by atoms with van der Waals surface area (Å²) >= 11 is 5.83. The average Bonchev–Trinajstić information content (AvgIpc) is 2.71. The minimum atomic E-state index is -0.372. The number of urea groups is 1. The Balaban J connectivity index is 0.00000136. The molecule has 6 heteroatoms. The van der Waals surface area contributed by atoms with Crippen molar-refractivity contribution in [2.45, 2.75) is 33.6 Å². The summed E-state index contributed by atoms with van der Waals surface area (Å²) in [7, 11) is 0. The van der Waals surface area contributed by atoms with Gasteiger partial charge in [-0.1, -0.05) is 38.4 Å². The van der Waals surface area contributed by atoms with Crippen molar-refractivity contribution >= 4 is 34.9 Å². The Morgan fingerprint density at radius 2 is 1.57 bits per heavy atom. The molecule has 0 atom stereocenters. The van der Waals surface area contributed by atoms with Gasteiger partial charge >= 0.3 is 6.03 Å². The van der Waals surface area contributed by atoms with Gasteiger partial charge in [-0.2, -0.15) is 0 Å². The third-order valence-electron chi connectivity index (χ3n) is 4.54. The molecule has 28 heavy (non-hydrogen) atoms. The maximum absolute atomic E-state index is 12.7. The molecule has 0 bridgehead atoms. The van der Waals surface area contributed by atoms with Crippen molar-refractivity contribution in [1.29, 1.82) is 0 Å². The van der Waals surface area contributed by atoms with Gasteiger partial charge in [-0.15, -0.1) is 0 Å². The number of likely N-dealkylation sites (tertiary alicyclic amines) is 1. The number of rotatable bonds is 3. The van der Waals surface area contributed by atoms with E-state index < -0.39 is 0 Å². The molecule has 1 saturated heterocycles. The summed E-state index contributed by atoms with van der Waals surface area (Å²) in [6.45, 7) is 7.79. The summed E-state index contributed by atoms with van der Waals surface area (Å²) in [5.41, 5.74) is 1.80. The second-order valence-electron chi connectivity index (χ2n) is 6.64. The first-order chi connectivity index (χ1) is 13.5. The van der Waals surface area contributed by atoms with Gasteiger partial charge in [0.05, 0.1) is 0 Å². The number of carbonyl (C=O) groups is 2. The van der Waals surface area contributed by atoms with Crippen LogP contribution in [0.15, 0.2) is 48.5 Å². The van der Waals surface area contributed by atoms with E-state index in [4.69, 9.17) is 11.6 Å². The molecule has 1 aliphatic heterocycles. The lowest BCUT2D eigenvalue weighted by Gasteiger charge is -2.30. The van der Waals surface area contributed by atoms with E-state index in [-0.39, 0.29) is 11.9 Å². The van der Waals surface area contributed by atoms with E-state index >= 15 is 0 Å². The highest BCUT2D eigenvalue weighted by Crippen LogP contribution is 2.20. The summed E-state index contributed by atoms with van der Waals surface area (Å²) in [5.74, 6) is 0.683. The fourth-order valence-corrected chi connectivity index (χ4v) is 3.08. The number of carbonyl (C=O) groups excluding carboxylic acids is 2. The number of halogens is 1. The molecular weight excluding hydrogens is 374 g/mol. The van der Waals surface area contributed by atoms with Crippen LogP contribution in [0.25, 0.3) is 0 Å². The molecule has 150 valence electrons. The Labute approximate surface area is 172 Å². The summed E-state index contributed by atoms with van der Waals surface area (Å²) in [4.78, 5) is 26.7. The number of hydrogen-bond donors (Lipinski definition) is 2. The molecule has 1 heterocycles. The normalized spacial score (nSPS) is 13.9. The lowest BCUT2D eigenvalue weighted by molar-refractivity contribution is 0.0697. The first-order valence-corrected chi connectivity index (χ1v) is 10.1. The van der Waals surface area contributed by atoms with Crippen molar-refractivity contribution in [1.82, 2.24) is 4.90 Å². The quantitative estimate of drug-likeness (QED) is 0.674. The molecule has 2 N–H and O–H groups in total. The van der Waals surface area contributed by atoms with Crippen LogP contribution in [-0.4, -0.2) is 29.9 Å². The average molecular weight is 402 g/mol. The Kier molecular flexibility index (Phi) is 8.33. The van der Waals surface area contributed by atoms with Crippen LogP contribution >= 0.6 is 11.6 Å². The minimum absolute atomic E-state index is 0.0126. The van der Waals surface area contributed by atoms with Gasteiger partial charge in [0.25, 0.3) is 5.91 Å². The third-order valence-corrected chi connectivity index (χ3v) is 4.79. The SMILES string of the molecule is CC.CC1CCN(C(=O)c2cccc(NC(=O)Nc3ccc(Cl)cc3)c2)CC1. The predicted molar refractivity (Wildman–Crippen MR) is 116 cm³/mol. The van der Waals surface area contributed by atoms with E-state index in [1.165, 1.54) is 0 Å². The number of nitrogens with one attached hydrogen (secondary N) is 2. The minimum Gasteiger partial charge on any atom is -0.339 e. The van der Waals surface area contributed by atoms with E-state index in [1.54, 1.807) is 48.5 Å². The molecular formula is C22H28ClN3O2. The second kappa shape index (κ2) is 10.7. The zero-order chi connectivity index (χ0) is 20.5. The largest absolute Gasteiger partial charge is 0.339 e. The van der Waals surface area contributed by atoms with Crippen LogP contribution in [0.1, 0.15) is 44.0 Å². The van der Waals surface area contributed by atoms with E-state index in [9.17, 15) is 9.59 Å². The van der Waals surface area contributed by atoms with Gasteiger partial charge in [-0.05, 0) is 61.2 Å². The van der Waals surface area contributed by atoms with E-state index in [1.807, 2.05) is 18.7 Å². The monoisotopic (exact) mass is 401 g/mol. The van der Waals surface area contributed by atoms with Crippen molar-refractivity contribution < 1.29 is 9.59 Å². The van der Waals surface area contributed by atoms with Gasteiger partial charge in [-0.3, -0.25) is 4.79 Å². The molecule has 1 fully saturated rings. The maximum atomic E-state index is 12.7. The standard InChI is InChI=1S/C20H22ClN3O2.C2H6/c1-14-9-11-24(12-10-14)19(25)15-3-2-4-18(13-15)23-20(26)22-17-7-5-16(21)6-8-17;1-2/h2-8,13-14H,9-12H2,1H3,(H2,22,23,26);1-2H3. The molecule has 5 nitrogen and oxygen atoms in total. The highest BCUT2D eigenvalue weighted by Gasteiger charge is 2.21. The molecule has 0 unspecified atom stereocenters. The Morgan fingerprint density at radius 1 is 0.964 bits per heavy atom. The van der Waals surface area contributed by atoms with Crippen LogP contribution in [0, 0.1) is 5.92 Å². The van der Waals surface area contributed by atoms with Gasteiger partial charge in [0, 0.05) is 35.1 Å². The zero-order valence-electron chi connectivity index (χ0n) is 16.7. The van der Waals surface area contributed by atoms with Crippen LogP contribution in [0.2, 0.25) is 5.02 Å². The van der Waals surface area contributed by atoms with E-state index in [0.717, 1.165) is 25.9 Å². The summed E-state index contributed by atoms with van der Waals surface area (Å²) < 4.78 is 0. The van der Waals surface area contributed by atoms with Crippen LogP contribution in [0.3, 0.4) is 0 Å². The summed E-state index contributed by atoms with van der Waals surface area (Å²) in [5, 5.41) is 6.09. The number of benzene rings is 2. The van der Waals surface area contributed by atoms with Crippen molar-refractivity contribution in [3.8, 4) is 0 Å². The lowest BCUT2D eigenvalue weighted by atomic mass is 9.98. The van der Waals surface area contributed by atoms with Crippen LogP contribution in [0.5, 0.6) is 0 Å². The maximum Gasteiger partial charge on any atom is 0.323 e. The smallest absolute Gasteiger partial charge is 0.323 e. The summed E-state index contributed by atoms with van der Waals surface area (Å²) in [6, 6.07) is 13.5. The molecule has 0 saturated carbocycles.